The number of amides is 1. The Bertz CT molecular complexity index is 529. The summed E-state index contributed by atoms with van der Waals surface area (Å²) >= 11 is 1.47. The summed E-state index contributed by atoms with van der Waals surface area (Å²) in [4.78, 5) is 14.3. The number of ether oxygens (including phenoxy) is 1. The molecule has 0 bridgehead atoms. The van der Waals surface area contributed by atoms with Crippen LogP contribution in [0.1, 0.15) is 34.1 Å². The van der Waals surface area contributed by atoms with Gasteiger partial charge in [0.1, 0.15) is 0 Å². The molecule has 1 aliphatic rings. The molecule has 1 aromatic rings. The van der Waals surface area contributed by atoms with Gasteiger partial charge in [-0.05, 0) is 19.3 Å². The second kappa shape index (κ2) is 9.27. The van der Waals surface area contributed by atoms with Gasteiger partial charge in [0, 0.05) is 26.2 Å². The molecule has 2 rings (SSSR count). The molecule has 136 valence electrons. The van der Waals surface area contributed by atoms with E-state index in [1.54, 1.807) is 0 Å². The van der Waals surface area contributed by atoms with E-state index < -0.39 is 0 Å². The monoisotopic (exact) mass is 355 g/mol. The van der Waals surface area contributed by atoms with E-state index in [4.69, 9.17) is 4.74 Å². The highest BCUT2D eigenvalue weighted by molar-refractivity contribution is 8.00. The van der Waals surface area contributed by atoms with E-state index in [2.05, 4.69) is 38.8 Å². The molecular formula is C16H29N5O2S. The van der Waals surface area contributed by atoms with Gasteiger partial charge in [0.2, 0.25) is 11.9 Å². The average Bonchev–Trinajstić information content (AvgIpc) is 2.95. The number of hydrogen-bond acceptors (Lipinski definition) is 6. The zero-order valence-electron chi connectivity index (χ0n) is 15.1. The number of nitrogens with one attached hydrogen (secondary N) is 1. The third kappa shape index (κ3) is 5.11. The highest BCUT2D eigenvalue weighted by Crippen LogP contribution is 2.27. The Hall–Kier alpha value is -1.28. The highest BCUT2D eigenvalue weighted by Gasteiger charge is 2.24. The molecule has 1 fully saturated rings. The number of anilines is 1. The maximum absolute atomic E-state index is 12.1. The molecule has 1 aliphatic heterocycles. The van der Waals surface area contributed by atoms with E-state index in [1.165, 1.54) is 11.8 Å². The second-order valence-corrected chi connectivity index (χ2v) is 7.75. The molecular weight excluding hydrogens is 326 g/mol. The van der Waals surface area contributed by atoms with Gasteiger partial charge in [-0.2, -0.15) is 0 Å². The lowest BCUT2D eigenvalue weighted by atomic mass is 10.2. The number of hydrogen-bond donors (Lipinski definition) is 1. The first kappa shape index (κ1) is 19.1. The first-order chi connectivity index (χ1) is 11.5. The first-order valence-electron chi connectivity index (χ1n) is 8.73. The summed E-state index contributed by atoms with van der Waals surface area (Å²) in [5.41, 5.74) is 0. The van der Waals surface area contributed by atoms with Crippen LogP contribution in [0, 0.1) is 5.92 Å². The minimum absolute atomic E-state index is 0.0499. The van der Waals surface area contributed by atoms with Crippen molar-refractivity contribution < 1.29 is 9.53 Å². The summed E-state index contributed by atoms with van der Waals surface area (Å²) < 4.78 is 7.57. The molecule has 24 heavy (non-hydrogen) atoms. The number of aromatic nitrogens is 3. The molecule has 8 heteroatoms. The molecule has 1 aromatic heterocycles. The summed E-state index contributed by atoms with van der Waals surface area (Å²) in [6.07, 6.45) is 0.938. The van der Waals surface area contributed by atoms with Gasteiger partial charge < -0.3 is 15.0 Å². The van der Waals surface area contributed by atoms with Crippen molar-refractivity contribution in [3.05, 3.63) is 0 Å². The van der Waals surface area contributed by atoms with Crippen molar-refractivity contribution in [2.45, 2.75) is 51.1 Å². The molecule has 0 spiro atoms. The van der Waals surface area contributed by atoms with Crippen molar-refractivity contribution >= 4 is 23.6 Å². The van der Waals surface area contributed by atoms with Gasteiger partial charge in [0.25, 0.3) is 0 Å². The zero-order valence-corrected chi connectivity index (χ0v) is 15.9. The van der Waals surface area contributed by atoms with Crippen LogP contribution >= 0.6 is 11.8 Å². The molecule has 0 unspecified atom stereocenters. The summed E-state index contributed by atoms with van der Waals surface area (Å²) in [6.45, 7) is 12.9. The number of nitrogens with zero attached hydrogens (tertiary/aromatic N) is 4. The maximum Gasteiger partial charge on any atom is 0.233 e. The van der Waals surface area contributed by atoms with Gasteiger partial charge in [0.15, 0.2) is 5.16 Å². The van der Waals surface area contributed by atoms with Crippen molar-refractivity contribution in [1.29, 1.82) is 0 Å². The lowest BCUT2D eigenvalue weighted by molar-refractivity contribution is -0.120. The first-order valence-corrected chi connectivity index (χ1v) is 9.61. The summed E-state index contributed by atoms with van der Waals surface area (Å²) in [7, 11) is 0. The van der Waals surface area contributed by atoms with E-state index in [-0.39, 0.29) is 11.2 Å². The second-order valence-electron chi connectivity index (χ2n) is 6.44. The van der Waals surface area contributed by atoms with Crippen LogP contribution < -0.4 is 10.2 Å². The Labute approximate surface area is 148 Å². The third-order valence-corrected chi connectivity index (χ3v) is 4.82. The Balaban J connectivity index is 2.13. The Morgan fingerprint density at radius 3 is 2.62 bits per heavy atom. The van der Waals surface area contributed by atoms with Gasteiger partial charge in [-0.15, -0.1) is 10.2 Å². The predicted molar refractivity (Wildman–Crippen MR) is 96.5 cm³/mol. The number of rotatable bonds is 8. The normalized spacial score (nSPS) is 16.5. The van der Waals surface area contributed by atoms with E-state index >= 15 is 0 Å². The van der Waals surface area contributed by atoms with E-state index in [0.29, 0.717) is 25.7 Å². The molecule has 1 saturated heterocycles. The fourth-order valence-electron chi connectivity index (χ4n) is 2.49. The van der Waals surface area contributed by atoms with Crippen molar-refractivity contribution in [3.63, 3.8) is 0 Å². The van der Waals surface area contributed by atoms with Gasteiger partial charge in [-0.1, -0.05) is 32.5 Å². The molecule has 2 heterocycles. The van der Waals surface area contributed by atoms with E-state index in [1.807, 2.05) is 13.8 Å². The van der Waals surface area contributed by atoms with Crippen LogP contribution in [-0.2, 0) is 16.1 Å². The van der Waals surface area contributed by atoms with E-state index in [0.717, 1.165) is 37.2 Å². The fraction of sp³-hybridized carbons (Fsp3) is 0.812. The van der Waals surface area contributed by atoms with Crippen LogP contribution in [0.2, 0.25) is 0 Å². The molecule has 1 atom stereocenters. The van der Waals surface area contributed by atoms with Crippen molar-refractivity contribution in [1.82, 2.24) is 20.1 Å². The standard InChI is InChI=1S/C16H29N5O2S/c1-5-6-17-14(22)13(4)24-16-19-18-15(21(16)11-12(2)3)20-7-9-23-10-8-20/h12-13H,5-11H2,1-4H3,(H,17,22)/t13-/m1/s1. The quantitative estimate of drug-likeness (QED) is 0.717. The maximum atomic E-state index is 12.1. The molecule has 0 saturated carbocycles. The highest BCUT2D eigenvalue weighted by atomic mass is 32.2. The number of carbonyl (C=O) groups is 1. The van der Waals surface area contributed by atoms with E-state index in [9.17, 15) is 4.79 Å². The van der Waals surface area contributed by atoms with Gasteiger partial charge in [-0.25, -0.2) is 0 Å². The van der Waals surface area contributed by atoms with Crippen LogP contribution in [0.4, 0.5) is 5.95 Å². The zero-order chi connectivity index (χ0) is 17.5. The number of morpholine rings is 1. The smallest absolute Gasteiger partial charge is 0.233 e. The molecule has 0 aliphatic carbocycles. The SMILES string of the molecule is CCCNC(=O)[C@@H](C)Sc1nnc(N2CCOCC2)n1CC(C)C. The predicted octanol–water partition coefficient (Wildman–Crippen LogP) is 1.78. The lowest BCUT2D eigenvalue weighted by Gasteiger charge is -2.28. The van der Waals surface area contributed by atoms with Crippen molar-refractivity contribution in [2.24, 2.45) is 5.92 Å². The summed E-state index contributed by atoms with van der Waals surface area (Å²) in [5.74, 6) is 1.41. The fourth-order valence-corrected chi connectivity index (χ4v) is 3.37. The Morgan fingerprint density at radius 2 is 2.00 bits per heavy atom. The van der Waals surface area contributed by atoms with Crippen LogP contribution in [0.3, 0.4) is 0 Å². The molecule has 1 amide bonds. The van der Waals surface area contributed by atoms with Crippen LogP contribution in [0.15, 0.2) is 5.16 Å². The van der Waals surface area contributed by atoms with Crippen molar-refractivity contribution in [2.75, 3.05) is 37.7 Å². The average molecular weight is 356 g/mol. The van der Waals surface area contributed by atoms with Crippen LogP contribution in [0.5, 0.6) is 0 Å². The molecule has 1 N–H and O–H groups in total. The number of thioether (sulfide) groups is 1. The summed E-state index contributed by atoms with van der Waals surface area (Å²) in [5, 5.41) is 12.3. The minimum atomic E-state index is -0.191. The number of carbonyl (C=O) groups excluding carboxylic acids is 1. The van der Waals surface area contributed by atoms with Crippen LogP contribution in [0.25, 0.3) is 0 Å². The Kier molecular flexibility index (Phi) is 7.36. The molecule has 7 nitrogen and oxygen atoms in total. The Morgan fingerprint density at radius 1 is 1.29 bits per heavy atom. The third-order valence-electron chi connectivity index (χ3n) is 3.74. The topological polar surface area (TPSA) is 72.3 Å². The van der Waals surface area contributed by atoms with Crippen molar-refractivity contribution in [3.8, 4) is 0 Å². The lowest BCUT2D eigenvalue weighted by Crippen LogP contribution is -2.38. The summed E-state index contributed by atoms with van der Waals surface area (Å²) in [6, 6.07) is 0. The van der Waals surface area contributed by atoms with Gasteiger partial charge in [-0.3, -0.25) is 9.36 Å². The van der Waals surface area contributed by atoms with Gasteiger partial charge in [0.05, 0.1) is 18.5 Å². The van der Waals surface area contributed by atoms with Gasteiger partial charge >= 0.3 is 0 Å². The molecule has 0 aromatic carbocycles. The minimum Gasteiger partial charge on any atom is -0.378 e. The molecule has 0 radical (unpaired) electrons. The van der Waals surface area contributed by atoms with Crippen LogP contribution in [-0.4, -0.2) is 58.8 Å². The largest absolute Gasteiger partial charge is 0.378 e.